The maximum absolute atomic E-state index is 4.24. The molecule has 3 rings (SSSR count). The molecule has 4 nitrogen and oxygen atoms in total. The van der Waals surface area contributed by atoms with Crippen LogP contribution < -0.4 is 5.32 Å². The smallest absolute Gasteiger partial charge is 0.204 e. The molecule has 2 heterocycles. The molecule has 0 aliphatic rings. The summed E-state index contributed by atoms with van der Waals surface area (Å²) in [6.45, 7) is 1.98. The summed E-state index contributed by atoms with van der Waals surface area (Å²) in [4.78, 5) is 11.5. The fourth-order valence-electron chi connectivity index (χ4n) is 1.84. The average molecular weight is 224 g/mol. The van der Waals surface area contributed by atoms with Gasteiger partial charge in [-0.2, -0.15) is 0 Å². The van der Waals surface area contributed by atoms with Crippen molar-refractivity contribution >= 4 is 22.4 Å². The van der Waals surface area contributed by atoms with Gasteiger partial charge in [-0.15, -0.1) is 0 Å². The Bertz CT molecular complexity index is 652. The van der Waals surface area contributed by atoms with E-state index >= 15 is 0 Å². The Kier molecular flexibility index (Phi) is 2.26. The standard InChI is InChI=1S/C13H12N4/c1-9-7-15-13(16-9)17-12-4-2-3-10-8-14-6-5-11(10)12/h2-8H,1H3,(H2,15,16,17). The van der Waals surface area contributed by atoms with Gasteiger partial charge < -0.3 is 10.3 Å². The van der Waals surface area contributed by atoms with Crippen LogP contribution in [0.5, 0.6) is 0 Å². The molecule has 0 unspecified atom stereocenters. The number of aryl methyl sites for hydroxylation is 1. The Hall–Kier alpha value is -2.36. The Morgan fingerprint density at radius 1 is 1.18 bits per heavy atom. The molecule has 0 saturated heterocycles. The number of aromatic nitrogens is 3. The van der Waals surface area contributed by atoms with Gasteiger partial charge in [-0.3, -0.25) is 4.98 Å². The van der Waals surface area contributed by atoms with E-state index in [1.54, 1.807) is 12.4 Å². The zero-order valence-electron chi connectivity index (χ0n) is 9.44. The molecular weight excluding hydrogens is 212 g/mol. The minimum atomic E-state index is 0.756. The fourth-order valence-corrected chi connectivity index (χ4v) is 1.84. The van der Waals surface area contributed by atoms with Crippen LogP contribution in [0.2, 0.25) is 0 Å². The molecule has 0 bridgehead atoms. The van der Waals surface area contributed by atoms with Crippen molar-refractivity contribution in [3.8, 4) is 0 Å². The molecule has 0 spiro atoms. The second kappa shape index (κ2) is 3.90. The zero-order valence-corrected chi connectivity index (χ0v) is 9.44. The highest BCUT2D eigenvalue weighted by molar-refractivity contribution is 5.94. The molecular formula is C13H12N4. The highest BCUT2D eigenvalue weighted by atomic mass is 15.1. The number of nitrogens with zero attached hydrogens (tertiary/aromatic N) is 2. The van der Waals surface area contributed by atoms with Gasteiger partial charge in [0.2, 0.25) is 5.95 Å². The van der Waals surface area contributed by atoms with Crippen LogP contribution in [0.25, 0.3) is 10.8 Å². The third kappa shape index (κ3) is 1.85. The van der Waals surface area contributed by atoms with Crippen LogP contribution >= 0.6 is 0 Å². The Morgan fingerprint density at radius 3 is 2.94 bits per heavy atom. The number of hydrogen-bond acceptors (Lipinski definition) is 3. The summed E-state index contributed by atoms with van der Waals surface area (Å²) in [5.74, 6) is 0.756. The number of H-pyrrole nitrogens is 1. The quantitative estimate of drug-likeness (QED) is 0.703. The summed E-state index contributed by atoms with van der Waals surface area (Å²) >= 11 is 0. The van der Waals surface area contributed by atoms with Gasteiger partial charge in [-0.1, -0.05) is 12.1 Å². The van der Waals surface area contributed by atoms with E-state index in [4.69, 9.17) is 0 Å². The topological polar surface area (TPSA) is 53.6 Å². The van der Waals surface area contributed by atoms with E-state index in [0.717, 1.165) is 28.1 Å². The van der Waals surface area contributed by atoms with Gasteiger partial charge in [-0.25, -0.2) is 4.98 Å². The van der Waals surface area contributed by atoms with Gasteiger partial charge in [0.05, 0.1) is 0 Å². The molecule has 4 heteroatoms. The molecule has 0 radical (unpaired) electrons. The fraction of sp³-hybridized carbons (Fsp3) is 0.0769. The van der Waals surface area contributed by atoms with Crippen LogP contribution in [0.4, 0.5) is 11.6 Å². The Labute approximate surface area is 98.7 Å². The number of fused-ring (bicyclic) bond motifs is 1. The van der Waals surface area contributed by atoms with E-state index in [0.29, 0.717) is 0 Å². The van der Waals surface area contributed by atoms with Crippen molar-refractivity contribution in [2.75, 3.05) is 5.32 Å². The maximum atomic E-state index is 4.24. The molecule has 0 saturated carbocycles. The number of pyridine rings is 1. The summed E-state index contributed by atoms with van der Waals surface area (Å²) in [5.41, 5.74) is 2.06. The van der Waals surface area contributed by atoms with E-state index in [1.165, 1.54) is 0 Å². The summed E-state index contributed by atoms with van der Waals surface area (Å²) < 4.78 is 0. The van der Waals surface area contributed by atoms with Crippen LogP contribution in [0.1, 0.15) is 5.69 Å². The van der Waals surface area contributed by atoms with Crippen LogP contribution in [-0.2, 0) is 0 Å². The van der Waals surface area contributed by atoms with Crippen molar-refractivity contribution in [1.29, 1.82) is 0 Å². The van der Waals surface area contributed by atoms with Gasteiger partial charge in [0.25, 0.3) is 0 Å². The third-order valence-corrected chi connectivity index (χ3v) is 2.64. The van der Waals surface area contributed by atoms with Crippen molar-refractivity contribution in [3.05, 3.63) is 48.5 Å². The van der Waals surface area contributed by atoms with Crippen LogP contribution in [0.15, 0.2) is 42.9 Å². The summed E-state index contributed by atoms with van der Waals surface area (Å²) in [6.07, 6.45) is 5.45. The number of rotatable bonds is 2. The predicted molar refractivity (Wildman–Crippen MR) is 68.4 cm³/mol. The van der Waals surface area contributed by atoms with E-state index in [2.05, 4.69) is 20.3 Å². The Morgan fingerprint density at radius 2 is 2.12 bits per heavy atom. The van der Waals surface area contributed by atoms with E-state index in [-0.39, 0.29) is 0 Å². The molecule has 1 aromatic carbocycles. The molecule has 0 atom stereocenters. The van der Waals surface area contributed by atoms with E-state index < -0.39 is 0 Å². The number of hydrogen-bond donors (Lipinski definition) is 2. The van der Waals surface area contributed by atoms with Gasteiger partial charge in [0, 0.05) is 40.7 Å². The van der Waals surface area contributed by atoms with E-state index in [9.17, 15) is 0 Å². The van der Waals surface area contributed by atoms with Gasteiger partial charge in [-0.05, 0) is 19.1 Å². The second-order valence-electron chi connectivity index (χ2n) is 3.94. The number of nitrogens with one attached hydrogen (secondary N) is 2. The number of benzene rings is 1. The minimum absolute atomic E-state index is 0.756. The van der Waals surface area contributed by atoms with Crippen molar-refractivity contribution in [2.24, 2.45) is 0 Å². The molecule has 0 amide bonds. The Balaban J connectivity index is 2.05. The highest BCUT2D eigenvalue weighted by Crippen LogP contribution is 2.24. The third-order valence-electron chi connectivity index (χ3n) is 2.64. The zero-order chi connectivity index (χ0) is 11.7. The van der Waals surface area contributed by atoms with Gasteiger partial charge in [0.1, 0.15) is 0 Å². The molecule has 84 valence electrons. The maximum Gasteiger partial charge on any atom is 0.204 e. The lowest BCUT2D eigenvalue weighted by molar-refractivity contribution is 1.24. The molecule has 0 fully saturated rings. The van der Waals surface area contributed by atoms with Crippen LogP contribution in [0, 0.1) is 6.92 Å². The first kappa shape index (κ1) is 9.84. The van der Waals surface area contributed by atoms with Gasteiger partial charge in [0.15, 0.2) is 0 Å². The summed E-state index contributed by atoms with van der Waals surface area (Å²) in [5, 5.41) is 5.52. The highest BCUT2D eigenvalue weighted by Gasteiger charge is 2.02. The molecule has 3 aromatic rings. The molecule has 2 N–H and O–H groups in total. The minimum Gasteiger partial charge on any atom is -0.328 e. The largest absolute Gasteiger partial charge is 0.328 e. The average Bonchev–Trinajstić information content (AvgIpc) is 2.75. The van der Waals surface area contributed by atoms with Crippen LogP contribution in [0.3, 0.4) is 0 Å². The lowest BCUT2D eigenvalue weighted by Crippen LogP contribution is -1.93. The first-order valence-electron chi connectivity index (χ1n) is 5.44. The molecule has 17 heavy (non-hydrogen) atoms. The lowest BCUT2D eigenvalue weighted by atomic mass is 10.1. The van der Waals surface area contributed by atoms with Crippen molar-refractivity contribution < 1.29 is 0 Å². The first-order valence-corrected chi connectivity index (χ1v) is 5.44. The number of aromatic amines is 1. The van der Waals surface area contributed by atoms with Crippen LogP contribution in [-0.4, -0.2) is 15.0 Å². The molecule has 2 aromatic heterocycles. The van der Waals surface area contributed by atoms with Crippen molar-refractivity contribution in [3.63, 3.8) is 0 Å². The van der Waals surface area contributed by atoms with Crippen molar-refractivity contribution in [1.82, 2.24) is 15.0 Å². The predicted octanol–water partition coefficient (Wildman–Crippen LogP) is 3.01. The first-order chi connectivity index (χ1) is 8.33. The van der Waals surface area contributed by atoms with E-state index in [1.807, 2.05) is 37.4 Å². The van der Waals surface area contributed by atoms with Gasteiger partial charge >= 0.3 is 0 Å². The normalized spacial score (nSPS) is 10.6. The monoisotopic (exact) mass is 224 g/mol. The lowest BCUT2D eigenvalue weighted by Gasteiger charge is -2.06. The molecule has 0 aliphatic heterocycles. The van der Waals surface area contributed by atoms with Crippen molar-refractivity contribution in [2.45, 2.75) is 6.92 Å². The second-order valence-corrected chi connectivity index (χ2v) is 3.94. The number of imidazole rings is 1. The summed E-state index contributed by atoms with van der Waals surface area (Å²) in [7, 11) is 0. The molecule has 0 aliphatic carbocycles. The summed E-state index contributed by atoms with van der Waals surface area (Å²) in [6, 6.07) is 8.07. The number of anilines is 2. The SMILES string of the molecule is Cc1cnc(Nc2cccc3cnccc23)[nH]1.